The number of nitrogens with zero attached hydrogens (tertiary/aromatic N) is 3. The number of benzene rings is 1. The van der Waals surface area contributed by atoms with Crippen molar-refractivity contribution in [1.82, 2.24) is 9.97 Å². The highest BCUT2D eigenvalue weighted by molar-refractivity contribution is 5.67. The first-order valence-corrected chi connectivity index (χ1v) is 7.80. The third kappa shape index (κ3) is 2.16. The minimum absolute atomic E-state index is 0.285. The van der Waals surface area contributed by atoms with E-state index in [1.807, 2.05) is 6.07 Å². The van der Waals surface area contributed by atoms with E-state index in [4.69, 9.17) is 15.1 Å². The number of aliphatic hydroxyl groups is 1. The van der Waals surface area contributed by atoms with Crippen molar-refractivity contribution >= 4 is 5.95 Å². The van der Waals surface area contributed by atoms with Gasteiger partial charge in [0, 0.05) is 35.5 Å². The van der Waals surface area contributed by atoms with Crippen LogP contribution in [0.15, 0.2) is 18.2 Å². The Balaban J connectivity index is 1.83. The Bertz CT molecular complexity index is 728. The molecule has 0 amide bonds. The quantitative estimate of drug-likeness (QED) is 0.946. The first kappa shape index (κ1) is 13.6. The molecule has 0 spiro atoms. The molecule has 2 aliphatic rings. The van der Waals surface area contributed by atoms with Gasteiger partial charge in [-0.1, -0.05) is 12.1 Å². The van der Waals surface area contributed by atoms with Crippen molar-refractivity contribution in [3.05, 3.63) is 40.8 Å². The molecule has 1 aromatic heterocycles. The van der Waals surface area contributed by atoms with Crippen LogP contribution in [0.5, 0.6) is 0 Å². The lowest BCUT2D eigenvalue weighted by molar-refractivity contribution is 0.276. The molecule has 5 heteroatoms. The molecule has 4 nitrogen and oxygen atoms in total. The van der Waals surface area contributed by atoms with E-state index in [-0.39, 0.29) is 12.4 Å². The van der Waals surface area contributed by atoms with E-state index in [9.17, 15) is 4.39 Å². The fourth-order valence-electron chi connectivity index (χ4n) is 3.14. The minimum atomic E-state index is -0.379. The van der Waals surface area contributed by atoms with E-state index in [0.29, 0.717) is 5.56 Å². The molecule has 2 heterocycles. The van der Waals surface area contributed by atoms with Crippen LogP contribution in [-0.4, -0.2) is 28.2 Å². The van der Waals surface area contributed by atoms with Crippen molar-refractivity contribution in [3.63, 3.8) is 0 Å². The van der Waals surface area contributed by atoms with E-state index in [1.54, 1.807) is 6.07 Å². The van der Waals surface area contributed by atoms with Gasteiger partial charge in [0.25, 0.3) is 0 Å². The standard InChI is InChI=1S/C17H18FN3O/c18-14-9-11(5-6-12(14)10-22)16-13-3-1-4-15(13)19-17(20-16)21-7-2-8-21/h5-6,9,22H,1-4,7-8,10H2. The van der Waals surface area contributed by atoms with Crippen LogP contribution < -0.4 is 4.90 Å². The van der Waals surface area contributed by atoms with Gasteiger partial charge in [0.05, 0.1) is 12.3 Å². The molecule has 0 radical (unpaired) electrons. The summed E-state index contributed by atoms with van der Waals surface area (Å²) in [7, 11) is 0. The normalized spacial score (nSPS) is 16.5. The van der Waals surface area contributed by atoms with Crippen LogP contribution in [0.25, 0.3) is 11.3 Å². The summed E-state index contributed by atoms with van der Waals surface area (Å²) in [5.74, 6) is 0.393. The van der Waals surface area contributed by atoms with Crippen molar-refractivity contribution in [2.24, 2.45) is 0 Å². The van der Waals surface area contributed by atoms with Gasteiger partial charge >= 0.3 is 0 Å². The first-order chi connectivity index (χ1) is 10.8. The Morgan fingerprint density at radius 1 is 1.14 bits per heavy atom. The summed E-state index contributed by atoms with van der Waals surface area (Å²) >= 11 is 0. The van der Waals surface area contributed by atoms with E-state index in [2.05, 4.69) is 4.90 Å². The first-order valence-electron chi connectivity index (χ1n) is 7.80. The molecule has 0 bridgehead atoms. The summed E-state index contributed by atoms with van der Waals surface area (Å²) in [5, 5.41) is 9.12. The Morgan fingerprint density at radius 2 is 2.00 bits per heavy atom. The van der Waals surface area contributed by atoms with E-state index in [0.717, 1.165) is 60.8 Å². The molecule has 0 atom stereocenters. The minimum Gasteiger partial charge on any atom is -0.392 e. The summed E-state index contributed by atoms with van der Waals surface area (Å²) in [4.78, 5) is 11.6. The molecule has 2 aromatic rings. The fourth-order valence-corrected chi connectivity index (χ4v) is 3.14. The van der Waals surface area contributed by atoms with E-state index >= 15 is 0 Å². The number of halogens is 1. The summed E-state index contributed by atoms with van der Waals surface area (Å²) < 4.78 is 14.0. The third-order valence-electron chi connectivity index (χ3n) is 4.56. The SMILES string of the molecule is OCc1ccc(-c2nc(N3CCC3)nc3c2CCC3)cc1F. The number of hydrogen-bond donors (Lipinski definition) is 1. The lowest BCUT2D eigenvalue weighted by Crippen LogP contribution is -2.38. The van der Waals surface area contributed by atoms with Gasteiger partial charge in [0.15, 0.2) is 0 Å². The third-order valence-corrected chi connectivity index (χ3v) is 4.56. The molecule has 1 aliphatic carbocycles. The van der Waals surface area contributed by atoms with Crippen LogP contribution in [0.4, 0.5) is 10.3 Å². The smallest absolute Gasteiger partial charge is 0.226 e. The molecule has 1 N–H and O–H groups in total. The van der Waals surface area contributed by atoms with Crippen molar-refractivity contribution in [2.75, 3.05) is 18.0 Å². The van der Waals surface area contributed by atoms with Gasteiger partial charge in [-0.25, -0.2) is 14.4 Å². The number of aryl methyl sites for hydroxylation is 1. The Morgan fingerprint density at radius 3 is 2.68 bits per heavy atom. The summed E-state index contributed by atoms with van der Waals surface area (Å²) in [6.07, 6.45) is 4.19. The average molecular weight is 299 g/mol. The molecule has 0 saturated carbocycles. The van der Waals surface area contributed by atoms with Crippen LogP contribution >= 0.6 is 0 Å². The number of rotatable bonds is 3. The molecule has 1 fully saturated rings. The Labute approximate surface area is 128 Å². The number of hydrogen-bond acceptors (Lipinski definition) is 4. The lowest BCUT2D eigenvalue weighted by Gasteiger charge is -2.31. The van der Waals surface area contributed by atoms with Gasteiger partial charge in [0.2, 0.25) is 5.95 Å². The molecule has 114 valence electrons. The summed E-state index contributed by atoms with van der Waals surface area (Å²) in [6, 6.07) is 4.96. The van der Waals surface area contributed by atoms with Gasteiger partial charge in [-0.2, -0.15) is 0 Å². The van der Waals surface area contributed by atoms with Crippen LogP contribution in [0.1, 0.15) is 29.7 Å². The maximum absolute atomic E-state index is 14.0. The zero-order valence-corrected chi connectivity index (χ0v) is 12.3. The van der Waals surface area contributed by atoms with E-state index in [1.165, 1.54) is 12.5 Å². The molecule has 1 saturated heterocycles. The maximum atomic E-state index is 14.0. The molecular weight excluding hydrogens is 281 g/mol. The van der Waals surface area contributed by atoms with Gasteiger partial charge in [-0.05, 0) is 31.7 Å². The number of aromatic nitrogens is 2. The van der Waals surface area contributed by atoms with Gasteiger partial charge in [-0.3, -0.25) is 0 Å². The topological polar surface area (TPSA) is 49.3 Å². The molecule has 1 aromatic carbocycles. The second-order valence-electron chi connectivity index (χ2n) is 5.96. The largest absolute Gasteiger partial charge is 0.392 e. The van der Waals surface area contributed by atoms with Crippen molar-refractivity contribution < 1.29 is 9.50 Å². The van der Waals surface area contributed by atoms with Crippen LogP contribution in [0, 0.1) is 5.82 Å². The van der Waals surface area contributed by atoms with Crippen LogP contribution in [0.3, 0.4) is 0 Å². The second-order valence-corrected chi connectivity index (χ2v) is 5.96. The second kappa shape index (κ2) is 5.32. The number of aliphatic hydroxyl groups excluding tert-OH is 1. The van der Waals surface area contributed by atoms with Crippen molar-refractivity contribution in [2.45, 2.75) is 32.3 Å². The van der Waals surface area contributed by atoms with Crippen molar-refractivity contribution in [3.8, 4) is 11.3 Å². The lowest BCUT2D eigenvalue weighted by atomic mass is 10.0. The molecule has 0 unspecified atom stereocenters. The Kier molecular flexibility index (Phi) is 3.30. The van der Waals surface area contributed by atoms with Gasteiger partial charge < -0.3 is 10.0 Å². The predicted octanol–water partition coefficient (Wildman–Crippen LogP) is 2.47. The highest BCUT2D eigenvalue weighted by Gasteiger charge is 2.24. The van der Waals surface area contributed by atoms with Crippen LogP contribution in [-0.2, 0) is 19.4 Å². The van der Waals surface area contributed by atoms with Gasteiger partial charge in [0.1, 0.15) is 5.82 Å². The average Bonchev–Trinajstić information content (AvgIpc) is 2.93. The maximum Gasteiger partial charge on any atom is 0.226 e. The Hall–Kier alpha value is -2.01. The summed E-state index contributed by atoms with van der Waals surface area (Å²) in [5.41, 5.74) is 4.21. The van der Waals surface area contributed by atoms with Crippen molar-refractivity contribution in [1.29, 1.82) is 0 Å². The predicted molar refractivity (Wildman–Crippen MR) is 82.2 cm³/mol. The molecule has 4 rings (SSSR count). The molecule has 22 heavy (non-hydrogen) atoms. The molecular formula is C17H18FN3O. The van der Waals surface area contributed by atoms with Crippen LogP contribution in [0.2, 0.25) is 0 Å². The van der Waals surface area contributed by atoms with E-state index < -0.39 is 0 Å². The fraction of sp³-hybridized carbons (Fsp3) is 0.412. The molecule has 1 aliphatic heterocycles. The highest BCUT2D eigenvalue weighted by atomic mass is 19.1. The zero-order valence-electron chi connectivity index (χ0n) is 12.3. The number of fused-ring (bicyclic) bond motifs is 1. The summed E-state index contributed by atoms with van der Waals surface area (Å²) in [6.45, 7) is 1.71. The zero-order chi connectivity index (χ0) is 15.1. The van der Waals surface area contributed by atoms with Gasteiger partial charge in [-0.15, -0.1) is 0 Å². The monoisotopic (exact) mass is 299 g/mol. The number of anilines is 1. The highest BCUT2D eigenvalue weighted by Crippen LogP contribution is 2.33.